The van der Waals surface area contributed by atoms with E-state index in [1.807, 2.05) is 41.4 Å². The molecule has 9 rings (SSSR count). The number of methoxy groups -OCH3 is 2. The number of nitrogens with zero attached hydrogens (tertiary/aromatic N) is 4. The molecule has 2 saturated heterocycles. The summed E-state index contributed by atoms with van der Waals surface area (Å²) in [7, 11) is 2.91. The minimum absolute atomic E-state index is 0.0700. The van der Waals surface area contributed by atoms with Crippen molar-refractivity contribution in [2.75, 3.05) is 27.5 Å². The quantitative estimate of drug-likeness (QED) is 0.0958. The third kappa shape index (κ3) is 7.48. The zero-order chi connectivity index (χ0) is 42.4. The van der Waals surface area contributed by atoms with Gasteiger partial charge in [-0.3, -0.25) is 14.9 Å². The fraction of sp³-hybridized carbons (Fsp3) is 0.383. The van der Waals surface area contributed by atoms with Crippen molar-refractivity contribution in [3.05, 3.63) is 102 Å². The Morgan fingerprint density at radius 3 is 2.54 bits per heavy atom. The van der Waals surface area contributed by atoms with Crippen molar-refractivity contribution in [1.29, 1.82) is 0 Å². The number of amides is 3. The molecule has 14 nitrogen and oxygen atoms in total. The van der Waals surface area contributed by atoms with E-state index < -0.39 is 12.1 Å². The van der Waals surface area contributed by atoms with Crippen LogP contribution in [-0.2, 0) is 25.7 Å². The van der Waals surface area contributed by atoms with Crippen molar-refractivity contribution >= 4 is 39.7 Å². The molecular weight excluding hydrogens is 773 g/mol. The van der Waals surface area contributed by atoms with Crippen LogP contribution >= 0.6 is 0 Å². The molecule has 2 fully saturated rings. The van der Waals surface area contributed by atoms with E-state index in [-0.39, 0.29) is 41.9 Å². The smallest absolute Gasteiger partial charge is 0.407 e. The minimum Gasteiger partial charge on any atom is -0.488 e. The Hall–Kier alpha value is -6.25. The summed E-state index contributed by atoms with van der Waals surface area (Å²) in [5, 5.41) is 8.05. The first-order valence-electron chi connectivity index (χ1n) is 21.2. The number of aromatic nitrogens is 4. The molecule has 0 radical (unpaired) electrons. The van der Waals surface area contributed by atoms with Crippen LogP contribution in [0.4, 0.5) is 4.79 Å². The Labute approximate surface area is 354 Å². The van der Waals surface area contributed by atoms with E-state index in [9.17, 15) is 14.4 Å². The molecule has 4 N–H and O–H groups in total. The van der Waals surface area contributed by atoms with Crippen LogP contribution in [0.2, 0.25) is 0 Å². The number of benzene rings is 4. The molecule has 6 aromatic rings. The van der Waals surface area contributed by atoms with E-state index in [1.54, 1.807) is 12.0 Å². The van der Waals surface area contributed by atoms with E-state index in [4.69, 9.17) is 24.2 Å². The molecule has 0 unspecified atom stereocenters. The molecule has 0 spiro atoms. The summed E-state index contributed by atoms with van der Waals surface area (Å²) in [6, 6.07) is 22.4. The number of carbonyl (C=O) groups is 3. The molecular formula is C47H52N8O6. The predicted molar refractivity (Wildman–Crippen MR) is 231 cm³/mol. The summed E-state index contributed by atoms with van der Waals surface area (Å²) in [6.07, 6.45) is 4.45. The van der Waals surface area contributed by atoms with Crippen molar-refractivity contribution in [2.45, 2.75) is 83.3 Å². The van der Waals surface area contributed by atoms with Gasteiger partial charge in [-0.2, -0.15) is 0 Å². The summed E-state index contributed by atoms with van der Waals surface area (Å²) in [4.78, 5) is 61.1. The van der Waals surface area contributed by atoms with Crippen molar-refractivity contribution in [3.63, 3.8) is 0 Å². The lowest BCUT2D eigenvalue weighted by molar-refractivity contribution is -0.138. The lowest BCUT2D eigenvalue weighted by atomic mass is 9.92. The van der Waals surface area contributed by atoms with Gasteiger partial charge in [-0.05, 0) is 90.4 Å². The maximum Gasteiger partial charge on any atom is 0.407 e. The van der Waals surface area contributed by atoms with Gasteiger partial charge in [0.15, 0.2) is 0 Å². The summed E-state index contributed by atoms with van der Waals surface area (Å²) in [6.45, 7) is 7.48. The van der Waals surface area contributed by atoms with Crippen molar-refractivity contribution in [3.8, 4) is 28.1 Å². The van der Waals surface area contributed by atoms with Crippen LogP contribution in [0.15, 0.2) is 79.0 Å². The molecule has 2 aromatic heterocycles. The number of aromatic amines is 2. The zero-order valence-electron chi connectivity index (χ0n) is 35.2. The molecule has 3 aliphatic rings. The number of imidazole rings is 2. The number of ether oxygens (including phenoxy) is 3. The second-order valence-corrected chi connectivity index (χ2v) is 16.7. The SMILES string of the molecule is COCN[C@H](C(=O)N1[C@@H](C)CC[C@H]1c1nc2c(ccc3cc4c(cc32)OCc2cc(-c3cnc([C@@H]5CCCN5C(=O)[C@H](NC(=O)OC)c5ccccc5)[nH]3)ccc2-4)[nH]1)C(C)C. The van der Waals surface area contributed by atoms with Gasteiger partial charge in [-0.25, -0.2) is 14.8 Å². The molecule has 3 amide bonds. The summed E-state index contributed by atoms with van der Waals surface area (Å²) < 4.78 is 16.6. The molecule has 5 atom stereocenters. The van der Waals surface area contributed by atoms with Gasteiger partial charge in [0, 0.05) is 30.6 Å². The first kappa shape index (κ1) is 40.2. The lowest BCUT2D eigenvalue weighted by Gasteiger charge is -2.33. The number of hydrogen-bond acceptors (Lipinski definition) is 9. The Balaban J connectivity index is 0.960. The maximum atomic E-state index is 14.0. The van der Waals surface area contributed by atoms with Gasteiger partial charge < -0.3 is 39.3 Å². The van der Waals surface area contributed by atoms with Crippen molar-refractivity contribution < 1.29 is 28.6 Å². The molecule has 4 aromatic carbocycles. The van der Waals surface area contributed by atoms with E-state index in [0.29, 0.717) is 31.3 Å². The lowest BCUT2D eigenvalue weighted by Crippen LogP contribution is -2.51. The number of nitrogens with one attached hydrogen (secondary N) is 4. The van der Waals surface area contributed by atoms with Crippen LogP contribution in [-0.4, -0.2) is 87.2 Å². The third-order valence-electron chi connectivity index (χ3n) is 12.6. The Morgan fingerprint density at radius 1 is 0.918 bits per heavy atom. The van der Waals surface area contributed by atoms with Crippen LogP contribution in [0.25, 0.3) is 44.2 Å². The fourth-order valence-corrected chi connectivity index (χ4v) is 9.44. The number of fused-ring (bicyclic) bond motifs is 6. The topological polar surface area (TPSA) is 167 Å². The molecule has 3 aliphatic heterocycles. The molecule has 0 aliphatic carbocycles. The Kier molecular flexibility index (Phi) is 11.0. The maximum absolute atomic E-state index is 14.0. The number of H-pyrrole nitrogens is 2. The van der Waals surface area contributed by atoms with Gasteiger partial charge in [-0.15, -0.1) is 0 Å². The Bertz CT molecular complexity index is 2600. The van der Waals surface area contributed by atoms with Gasteiger partial charge in [0.05, 0.1) is 54.9 Å². The van der Waals surface area contributed by atoms with Gasteiger partial charge in [-0.1, -0.05) is 62.4 Å². The van der Waals surface area contributed by atoms with Gasteiger partial charge in [0.1, 0.15) is 30.0 Å². The standard InChI is InChI=1S/C47H52N8O6/c1-26(2)40(49-25-59-4)46(57)55-27(3)13-18-38(55)44-50-35-17-15-29-21-34-32-16-14-30(20-31(32)24-61-39(34)22-33(29)42(35)52-44)36-23-48-43(51-36)37-12-9-19-54(37)45(56)41(53-47(58)60-5)28-10-7-6-8-11-28/h6-8,10-11,14-17,20-23,26-27,37-38,40-41,49H,9,12-13,18-19,24-25H2,1-5H3,(H,48,51)(H,50,52)(H,53,58)/t27-,37-,38-,40-,41+/m0/s1. The molecule has 0 saturated carbocycles. The number of carbonyl (C=O) groups excluding carboxylic acids is 3. The largest absolute Gasteiger partial charge is 0.488 e. The molecule has 316 valence electrons. The highest BCUT2D eigenvalue weighted by Crippen LogP contribution is 2.44. The third-order valence-corrected chi connectivity index (χ3v) is 12.6. The van der Waals surface area contributed by atoms with Crippen LogP contribution < -0.4 is 15.4 Å². The summed E-state index contributed by atoms with van der Waals surface area (Å²) in [5.41, 5.74) is 7.43. The Morgan fingerprint density at radius 2 is 1.75 bits per heavy atom. The van der Waals surface area contributed by atoms with Gasteiger partial charge >= 0.3 is 6.09 Å². The molecule has 0 bridgehead atoms. The number of alkyl carbamates (subject to hydrolysis) is 1. The second-order valence-electron chi connectivity index (χ2n) is 16.7. The average Bonchev–Trinajstić information content (AvgIpc) is 4.11. The van der Waals surface area contributed by atoms with Crippen LogP contribution in [0.1, 0.15) is 87.4 Å². The number of likely N-dealkylation sites (tertiary alicyclic amines) is 2. The monoisotopic (exact) mass is 824 g/mol. The highest BCUT2D eigenvalue weighted by atomic mass is 16.5. The first-order valence-corrected chi connectivity index (χ1v) is 21.2. The number of rotatable bonds is 11. The highest BCUT2D eigenvalue weighted by molar-refractivity contribution is 6.07. The van der Waals surface area contributed by atoms with E-state index >= 15 is 0 Å². The second kappa shape index (κ2) is 16.7. The van der Waals surface area contributed by atoms with E-state index in [2.05, 4.69) is 83.8 Å². The average molecular weight is 825 g/mol. The van der Waals surface area contributed by atoms with Gasteiger partial charge in [0.25, 0.3) is 5.91 Å². The van der Waals surface area contributed by atoms with Crippen molar-refractivity contribution in [1.82, 2.24) is 40.4 Å². The normalized spacial score (nSPS) is 19.5. The van der Waals surface area contributed by atoms with E-state index in [0.717, 1.165) is 87.0 Å². The number of hydrogen-bond donors (Lipinski definition) is 4. The van der Waals surface area contributed by atoms with E-state index in [1.165, 1.54) is 7.11 Å². The van der Waals surface area contributed by atoms with Crippen molar-refractivity contribution in [2.24, 2.45) is 5.92 Å². The first-order chi connectivity index (χ1) is 29.6. The molecule has 14 heteroatoms. The summed E-state index contributed by atoms with van der Waals surface area (Å²) >= 11 is 0. The van der Waals surface area contributed by atoms with Crippen LogP contribution in [0.3, 0.4) is 0 Å². The molecule has 61 heavy (non-hydrogen) atoms. The van der Waals surface area contributed by atoms with Crippen LogP contribution in [0, 0.1) is 5.92 Å². The molecule has 5 heterocycles. The summed E-state index contributed by atoms with van der Waals surface area (Å²) in [5.74, 6) is 2.25. The highest BCUT2D eigenvalue weighted by Gasteiger charge is 2.41. The zero-order valence-corrected chi connectivity index (χ0v) is 35.2. The minimum atomic E-state index is -0.886. The van der Waals surface area contributed by atoms with Gasteiger partial charge in [0.2, 0.25) is 5.91 Å². The fourth-order valence-electron chi connectivity index (χ4n) is 9.44. The van der Waals surface area contributed by atoms with Crippen LogP contribution in [0.5, 0.6) is 5.75 Å². The predicted octanol–water partition coefficient (Wildman–Crippen LogP) is 7.70.